The fourth-order valence-electron chi connectivity index (χ4n) is 1.83. The van der Waals surface area contributed by atoms with Crippen LogP contribution in [0.2, 0.25) is 0 Å². The number of hydrogen-bond acceptors (Lipinski definition) is 3. The lowest BCUT2D eigenvalue weighted by atomic mass is 10.1. The molecule has 1 unspecified atom stereocenters. The molecular formula is C15H22N2O4. The van der Waals surface area contributed by atoms with Crippen molar-refractivity contribution in [1.29, 1.82) is 0 Å². The van der Waals surface area contributed by atoms with Gasteiger partial charge in [-0.05, 0) is 30.7 Å². The number of carboxylic acid groups (broad SMARTS) is 1. The fraction of sp³-hybridized carbons (Fsp3) is 0.467. The lowest BCUT2D eigenvalue weighted by Gasteiger charge is -2.21. The number of anilines is 1. The number of hydrogen-bond donors (Lipinski definition) is 2. The third-order valence-corrected chi connectivity index (χ3v) is 3.21. The summed E-state index contributed by atoms with van der Waals surface area (Å²) in [5, 5.41) is 11.7. The van der Waals surface area contributed by atoms with Crippen molar-refractivity contribution in [1.82, 2.24) is 5.32 Å². The lowest BCUT2D eigenvalue weighted by Crippen LogP contribution is -2.46. The van der Waals surface area contributed by atoms with Gasteiger partial charge in [0.05, 0.1) is 7.11 Å². The number of methoxy groups -OCH3 is 1. The number of rotatable bonds is 7. The summed E-state index contributed by atoms with van der Waals surface area (Å²) in [5.41, 5.74) is 0.660. The summed E-state index contributed by atoms with van der Waals surface area (Å²) in [6.07, 6.45) is 2.06. The van der Waals surface area contributed by atoms with E-state index < -0.39 is 18.0 Å². The second-order valence-corrected chi connectivity index (χ2v) is 4.74. The van der Waals surface area contributed by atoms with Crippen molar-refractivity contribution in [2.45, 2.75) is 32.2 Å². The second kappa shape index (κ2) is 8.14. The molecule has 1 rings (SSSR count). The SMILES string of the molecule is CCCCC(NC(=O)N(C)c1ccc(OC)cc1)C(=O)O. The van der Waals surface area contributed by atoms with E-state index in [0.29, 0.717) is 17.9 Å². The predicted molar refractivity (Wildman–Crippen MR) is 80.9 cm³/mol. The highest BCUT2D eigenvalue weighted by Crippen LogP contribution is 2.18. The van der Waals surface area contributed by atoms with Crippen LogP contribution in [0.1, 0.15) is 26.2 Å². The van der Waals surface area contributed by atoms with E-state index in [1.54, 1.807) is 38.4 Å². The van der Waals surface area contributed by atoms with Crippen LogP contribution in [0, 0.1) is 0 Å². The third kappa shape index (κ3) is 4.98. The van der Waals surface area contributed by atoms with Crippen LogP contribution in [0.3, 0.4) is 0 Å². The number of nitrogens with one attached hydrogen (secondary N) is 1. The van der Waals surface area contributed by atoms with Crippen molar-refractivity contribution in [3.8, 4) is 5.75 Å². The maximum absolute atomic E-state index is 12.1. The Bertz CT molecular complexity index is 473. The predicted octanol–water partition coefficient (Wildman–Crippen LogP) is 2.48. The first-order chi connectivity index (χ1) is 9.99. The molecule has 0 saturated carbocycles. The molecule has 0 saturated heterocycles. The monoisotopic (exact) mass is 294 g/mol. The summed E-state index contributed by atoms with van der Waals surface area (Å²) < 4.78 is 5.05. The van der Waals surface area contributed by atoms with Crippen LogP contribution >= 0.6 is 0 Å². The Labute approximate surface area is 124 Å². The molecule has 2 amide bonds. The van der Waals surface area contributed by atoms with E-state index in [1.165, 1.54) is 4.90 Å². The van der Waals surface area contributed by atoms with Crippen LogP contribution in [0.4, 0.5) is 10.5 Å². The van der Waals surface area contributed by atoms with Crippen LogP contribution in [-0.4, -0.2) is 37.3 Å². The maximum Gasteiger partial charge on any atom is 0.326 e. The Morgan fingerprint density at radius 2 is 1.95 bits per heavy atom. The fourth-order valence-corrected chi connectivity index (χ4v) is 1.83. The first kappa shape index (κ1) is 16.8. The Morgan fingerprint density at radius 1 is 1.33 bits per heavy atom. The van der Waals surface area contributed by atoms with E-state index in [9.17, 15) is 9.59 Å². The molecule has 0 aliphatic heterocycles. The van der Waals surface area contributed by atoms with Gasteiger partial charge in [-0.2, -0.15) is 0 Å². The molecule has 116 valence electrons. The van der Waals surface area contributed by atoms with Gasteiger partial charge < -0.3 is 15.2 Å². The van der Waals surface area contributed by atoms with E-state index in [-0.39, 0.29) is 0 Å². The largest absolute Gasteiger partial charge is 0.497 e. The third-order valence-electron chi connectivity index (χ3n) is 3.21. The number of aliphatic carboxylic acids is 1. The van der Waals surface area contributed by atoms with Gasteiger partial charge in [-0.25, -0.2) is 9.59 Å². The Hall–Kier alpha value is -2.24. The van der Waals surface area contributed by atoms with Gasteiger partial charge in [0, 0.05) is 12.7 Å². The molecule has 21 heavy (non-hydrogen) atoms. The molecule has 0 aromatic heterocycles. The van der Waals surface area contributed by atoms with Gasteiger partial charge in [0.15, 0.2) is 0 Å². The highest BCUT2D eigenvalue weighted by molar-refractivity contribution is 5.94. The number of carbonyl (C=O) groups is 2. The Balaban J connectivity index is 2.69. The number of urea groups is 1. The molecule has 0 heterocycles. The molecular weight excluding hydrogens is 272 g/mol. The zero-order chi connectivity index (χ0) is 15.8. The molecule has 0 radical (unpaired) electrons. The van der Waals surface area contributed by atoms with Crippen molar-refractivity contribution in [2.75, 3.05) is 19.1 Å². The summed E-state index contributed by atoms with van der Waals surface area (Å²) in [7, 11) is 3.16. The number of carboxylic acids is 1. The van der Waals surface area contributed by atoms with Crippen molar-refractivity contribution in [3.63, 3.8) is 0 Å². The van der Waals surface area contributed by atoms with Crippen LogP contribution < -0.4 is 15.0 Å². The summed E-state index contributed by atoms with van der Waals surface area (Å²) in [5.74, 6) is -0.321. The summed E-state index contributed by atoms with van der Waals surface area (Å²) >= 11 is 0. The topological polar surface area (TPSA) is 78.9 Å². The first-order valence-electron chi connectivity index (χ1n) is 6.90. The zero-order valence-electron chi connectivity index (χ0n) is 12.6. The molecule has 0 aliphatic rings. The van der Waals surface area contributed by atoms with Crippen LogP contribution in [0.25, 0.3) is 0 Å². The molecule has 1 aromatic carbocycles. The number of carbonyl (C=O) groups excluding carboxylic acids is 1. The lowest BCUT2D eigenvalue weighted by molar-refractivity contribution is -0.139. The normalized spacial score (nSPS) is 11.6. The number of nitrogens with zero attached hydrogens (tertiary/aromatic N) is 1. The van der Waals surface area contributed by atoms with Gasteiger partial charge in [-0.3, -0.25) is 4.90 Å². The van der Waals surface area contributed by atoms with E-state index in [4.69, 9.17) is 9.84 Å². The van der Waals surface area contributed by atoms with Crippen molar-refractivity contribution in [2.24, 2.45) is 0 Å². The van der Waals surface area contributed by atoms with Crippen LogP contribution in [0.15, 0.2) is 24.3 Å². The van der Waals surface area contributed by atoms with E-state index in [0.717, 1.165) is 12.8 Å². The smallest absolute Gasteiger partial charge is 0.326 e. The maximum atomic E-state index is 12.1. The van der Waals surface area contributed by atoms with Gasteiger partial charge in [0.1, 0.15) is 11.8 Å². The standard InChI is InChI=1S/C15H22N2O4/c1-4-5-6-13(14(18)19)16-15(20)17(2)11-7-9-12(21-3)10-8-11/h7-10,13H,4-6H2,1-3H3,(H,16,20)(H,18,19). The molecule has 6 heteroatoms. The summed E-state index contributed by atoms with van der Waals surface area (Å²) in [6, 6.07) is 5.65. The first-order valence-corrected chi connectivity index (χ1v) is 6.90. The zero-order valence-corrected chi connectivity index (χ0v) is 12.6. The quantitative estimate of drug-likeness (QED) is 0.809. The van der Waals surface area contributed by atoms with Crippen molar-refractivity contribution in [3.05, 3.63) is 24.3 Å². The molecule has 1 atom stereocenters. The van der Waals surface area contributed by atoms with Gasteiger partial charge >= 0.3 is 12.0 Å². The Morgan fingerprint density at radius 3 is 2.43 bits per heavy atom. The summed E-state index contributed by atoms with van der Waals surface area (Å²) in [6.45, 7) is 1.98. The van der Waals surface area contributed by atoms with Gasteiger partial charge in [-0.15, -0.1) is 0 Å². The molecule has 6 nitrogen and oxygen atoms in total. The summed E-state index contributed by atoms with van der Waals surface area (Å²) in [4.78, 5) is 24.6. The number of unbranched alkanes of at least 4 members (excludes halogenated alkanes) is 1. The van der Waals surface area contributed by atoms with Crippen LogP contribution in [-0.2, 0) is 4.79 Å². The average Bonchev–Trinajstić information content (AvgIpc) is 2.50. The number of ether oxygens (including phenoxy) is 1. The van der Waals surface area contributed by atoms with Gasteiger partial charge in [0.2, 0.25) is 0 Å². The van der Waals surface area contributed by atoms with E-state index in [1.807, 2.05) is 6.92 Å². The minimum Gasteiger partial charge on any atom is -0.497 e. The number of benzene rings is 1. The van der Waals surface area contributed by atoms with Crippen molar-refractivity contribution < 1.29 is 19.4 Å². The van der Waals surface area contributed by atoms with Crippen LogP contribution in [0.5, 0.6) is 5.75 Å². The molecule has 0 spiro atoms. The Kier molecular flexibility index (Phi) is 6.52. The molecule has 0 aliphatic carbocycles. The van der Waals surface area contributed by atoms with Gasteiger partial charge in [-0.1, -0.05) is 19.8 Å². The van der Waals surface area contributed by atoms with E-state index >= 15 is 0 Å². The molecule has 0 bridgehead atoms. The highest BCUT2D eigenvalue weighted by Gasteiger charge is 2.21. The minimum atomic E-state index is -1.01. The molecule has 2 N–H and O–H groups in total. The molecule has 0 fully saturated rings. The second-order valence-electron chi connectivity index (χ2n) is 4.74. The van der Waals surface area contributed by atoms with Crippen molar-refractivity contribution >= 4 is 17.7 Å². The number of amides is 2. The van der Waals surface area contributed by atoms with Gasteiger partial charge in [0.25, 0.3) is 0 Å². The van der Waals surface area contributed by atoms with E-state index in [2.05, 4.69) is 5.32 Å². The average molecular weight is 294 g/mol. The highest BCUT2D eigenvalue weighted by atomic mass is 16.5. The minimum absolute atomic E-state index is 0.425. The molecule has 1 aromatic rings.